The molecule has 1 rings (SSSR count). The first-order valence-corrected chi connectivity index (χ1v) is 6.05. The normalized spacial score (nSPS) is 9.62. The van der Waals surface area contributed by atoms with Gasteiger partial charge in [-0.2, -0.15) is 0 Å². The zero-order valence-electron chi connectivity index (χ0n) is 10.00. The van der Waals surface area contributed by atoms with Crippen molar-refractivity contribution in [3.8, 4) is 11.8 Å². The molecule has 1 N–H and O–H groups in total. The molecular formula is C15H20O. The molecule has 86 valence electrons. The Bertz CT molecular complexity index is 340. The van der Waals surface area contributed by atoms with E-state index in [0.717, 1.165) is 12.0 Å². The summed E-state index contributed by atoms with van der Waals surface area (Å²) in [5.41, 5.74) is 2.36. The van der Waals surface area contributed by atoms with E-state index in [2.05, 4.69) is 30.9 Å². The molecule has 0 aliphatic rings. The molecule has 16 heavy (non-hydrogen) atoms. The van der Waals surface area contributed by atoms with Crippen molar-refractivity contribution in [2.75, 3.05) is 6.61 Å². The zero-order chi connectivity index (χ0) is 11.6. The molecule has 0 aliphatic heterocycles. The highest BCUT2D eigenvalue weighted by molar-refractivity contribution is 5.36. The third-order valence-electron chi connectivity index (χ3n) is 2.58. The number of hydrogen-bond acceptors (Lipinski definition) is 1. The monoisotopic (exact) mass is 216 g/mol. The second-order valence-corrected chi connectivity index (χ2v) is 3.97. The Balaban J connectivity index is 2.39. The molecule has 1 aromatic rings. The highest BCUT2D eigenvalue weighted by Crippen LogP contribution is 2.09. The molecule has 0 atom stereocenters. The highest BCUT2D eigenvalue weighted by atomic mass is 16.2. The van der Waals surface area contributed by atoms with Gasteiger partial charge in [-0.25, -0.2) is 0 Å². The van der Waals surface area contributed by atoms with Gasteiger partial charge < -0.3 is 5.11 Å². The molecular weight excluding hydrogens is 196 g/mol. The third kappa shape index (κ3) is 5.00. The molecule has 0 aliphatic carbocycles. The number of unbranched alkanes of at least 4 members (excludes halogenated alkanes) is 3. The average Bonchev–Trinajstić information content (AvgIpc) is 2.33. The lowest BCUT2D eigenvalue weighted by Crippen LogP contribution is -1.86. The largest absolute Gasteiger partial charge is 0.384 e. The van der Waals surface area contributed by atoms with Gasteiger partial charge in [0.25, 0.3) is 0 Å². The molecule has 0 spiro atoms. The molecule has 1 heteroatoms. The van der Waals surface area contributed by atoms with Crippen molar-refractivity contribution in [1.29, 1.82) is 0 Å². The fourth-order valence-corrected chi connectivity index (χ4v) is 1.65. The van der Waals surface area contributed by atoms with E-state index < -0.39 is 0 Å². The third-order valence-corrected chi connectivity index (χ3v) is 2.58. The summed E-state index contributed by atoms with van der Waals surface area (Å²) in [7, 11) is 0. The molecule has 0 amide bonds. The molecule has 0 radical (unpaired) electrons. The van der Waals surface area contributed by atoms with Crippen molar-refractivity contribution >= 4 is 0 Å². The summed E-state index contributed by atoms with van der Waals surface area (Å²) in [6.45, 7) is 2.16. The van der Waals surface area contributed by atoms with Gasteiger partial charge in [-0.3, -0.25) is 0 Å². The minimum Gasteiger partial charge on any atom is -0.384 e. The smallest absolute Gasteiger partial charge is 0.104 e. The number of hydrogen-bond donors (Lipinski definition) is 1. The van der Waals surface area contributed by atoms with Crippen molar-refractivity contribution in [3.63, 3.8) is 0 Å². The fraction of sp³-hybridized carbons (Fsp3) is 0.467. The lowest BCUT2D eigenvalue weighted by atomic mass is 10.0. The Morgan fingerprint density at radius 1 is 1.06 bits per heavy atom. The van der Waals surface area contributed by atoms with Gasteiger partial charge >= 0.3 is 0 Å². The maximum atomic E-state index is 8.58. The number of benzene rings is 1. The van der Waals surface area contributed by atoms with E-state index in [0.29, 0.717) is 0 Å². The maximum absolute atomic E-state index is 8.58. The van der Waals surface area contributed by atoms with Crippen LogP contribution in [0.4, 0.5) is 0 Å². The van der Waals surface area contributed by atoms with Gasteiger partial charge in [0.1, 0.15) is 6.61 Å². The first-order chi connectivity index (χ1) is 7.86. The Labute approximate surface area is 98.5 Å². The zero-order valence-corrected chi connectivity index (χ0v) is 10.00. The summed E-state index contributed by atoms with van der Waals surface area (Å²) in [4.78, 5) is 0. The van der Waals surface area contributed by atoms with Crippen LogP contribution in [0.2, 0.25) is 0 Å². The van der Waals surface area contributed by atoms with Crippen molar-refractivity contribution < 1.29 is 5.11 Å². The molecule has 1 aromatic carbocycles. The molecule has 0 bridgehead atoms. The highest BCUT2D eigenvalue weighted by Gasteiger charge is 1.93. The number of rotatable bonds is 5. The molecule has 1 nitrogen and oxygen atoms in total. The predicted octanol–water partition coefficient (Wildman–Crippen LogP) is 3.15. The van der Waals surface area contributed by atoms with E-state index in [4.69, 9.17) is 5.11 Å². The van der Waals surface area contributed by atoms with Crippen molar-refractivity contribution in [2.45, 2.75) is 39.0 Å². The van der Waals surface area contributed by atoms with E-state index in [1.54, 1.807) is 0 Å². The van der Waals surface area contributed by atoms with E-state index in [1.165, 1.54) is 31.2 Å². The quantitative estimate of drug-likeness (QED) is 0.592. The second-order valence-electron chi connectivity index (χ2n) is 3.97. The average molecular weight is 216 g/mol. The minimum absolute atomic E-state index is 0.0707. The first kappa shape index (κ1) is 12.8. The van der Waals surface area contributed by atoms with Gasteiger partial charge in [-0.15, -0.1) is 0 Å². The summed E-state index contributed by atoms with van der Waals surface area (Å²) in [6, 6.07) is 8.32. The van der Waals surface area contributed by atoms with Crippen LogP contribution in [0.5, 0.6) is 0 Å². The SMILES string of the molecule is CCCCCCc1ccc(C#CCO)cc1. The van der Waals surface area contributed by atoms with Crippen LogP contribution < -0.4 is 0 Å². The predicted molar refractivity (Wildman–Crippen MR) is 68.3 cm³/mol. The summed E-state index contributed by atoms with van der Waals surface area (Å²) in [6.07, 6.45) is 6.38. The Hall–Kier alpha value is -1.26. The second kappa shape index (κ2) is 7.96. The van der Waals surface area contributed by atoms with Crippen LogP contribution >= 0.6 is 0 Å². The van der Waals surface area contributed by atoms with Crippen molar-refractivity contribution in [2.24, 2.45) is 0 Å². The fourth-order valence-electron chi connectivity index (χ4n) is 1.65. The molecule has 0 saturated heterocycles. The molecule has 0 unspecified atom stereocenters. The van der Waals surface area contributed by atoms with Crippen LogP contribution in [0.25, 0.3) is 0 Å². The Morgan fingerprint density at radius 2 is 1.81 bits per heavy atom. The number of aliphatic hydroxyl groups is 1. The van der Waals surface area contributed by atoms with Gasteiger partial charge in [0.15, 0.2) is 0 Å². The summed E-state index contributed by atoms with van der Waals surface area (Å²) < 4.78 is 0. The first-order valence-electron chi connectivity index (χ1n) is 6.05. The van der Waals surface area contributed by atoms with Gasteiger partial charge in [0.2, 0.25) is 0 Å². The van der Waals surface area contributed by atoms with E-state index in [-0.39, 0.29) is 6.61 Å². The molecule has 0 heterocycles. The van der Waals surface area contributed by atoms with Crippen LogP contribution in [-0.4, -0.2) is 11.7 Å². The Kier molecular flexibility index (Phi) is 6.37. The molecule has 0 saturated carbocycles. The maximum Gasteiger partial charge on any atom is 0.104 e. The van der Waals surface area contributed by atoms with Crippen molar-refractivity contribution in [1.82, 2.24) is 0 Å². The van der Waals surface area contributed by atoms with Gasteiger partial charge in [-0.05, 0) is 30.5 Å². The van der Waals surface area contributed by atoms with Crippen LogP contribution in [0.3, 0.4) is 0 Å². The van der Waals surface area contributed by atoms with Gasteiger partial charge in [-0.1, -0.05) is 50.2 Å². The van der Waals surface area contributed by atoms with Gasteiger partial charge in [0, 0.05) is 5.56 Å². The summed E-state index contributed by atoms with van der Waals surface area (Å²) >= 11 is 0. The number of aliphatic hydroxyl groups excluding tert-OH is 1. The van der Waals surface area contributed by atoms with Crippen molar-refractivity contribution in [3.05, 3.63) is 35.4 Å². The van der Waals surface area contributed by atoms with Crippen LogP contribution in [-0.2, 0) is 6.42 Å². The molecule has 0 fully saturated rings. The lowest BCUT2D eigenvalue weighted by molar-refractivity contribution is 0.350. The Morgan fingerprint density at radius 3 is 2.44 bits per heavy atom. The summed E-state index contributed by atoms with van der Waals surface area (Å²) in [5, 5.41) is 8.58. The minimum atomic E-state index is -0.0707. The van der Waals surface area contributed by atoms with E-state index in [9.17, 15) is 0 Å². The van der Waals surface area contributed by atoms with Gasteiger partial charge in [0.05, 0.1) is 0 Å². The molecule has 0 aromatic heterocycles. The van der Waals surface area contributed by atoms with E-state index in [1.807, 2.05) is 12.1 Å². The van der Waals surface area contributed by atoms with E-state index >= 15 is 0 Å². The lowest BCUT2D eigenvalue weighted by Gasteiger charge is -2.01. The topological polar surface area (TPSA) is 20.2 Å². The number of aryl methyl sites for hydroxylation is 1. The van der Waals surface area contributed by atoms with Crippen LogP contribution in [0.15, 0.2) is 24.3 Å². The summed E-state index contributed by atoms with van der Waals surface area (Å²) in [5.74, 6) is 5.55. The standard InChI is InChI=1S/C15H20O/c1-2-3-4-5-7-14-9-11-15(12-10-14)8-6-13-16/h9-12,16H,2-5,7,13H2,1H3. The van der Waals surface area contributed by atoms with Crippen LogP contribution in [0.1, 0.15) is 43.7 Å². The van der Waals surface area contributed by atoms with Crippen LogP contribution in [0, 0.1) is 11.8 Å².